The third-order valence-corrected chi connectivity index (χ3v) is 7.21. The fourth-order valence-electron chi connectivity index (χ4n) is 5.43. The lowest BCUT2D eigenvalue weighted by molar-refractivity contribution is 0.0654. The molecule has 1 aromatic rings. The Labute approximate surface area is 195 Å². The van der Waals surface area contributed by atoms with Gasteiger partial charge in [-0.1, -0.05) is 0 Å². The molecule has 1 unspecified atom stereocenters. The second kappa shape index (κ2) is 9.13. The van der Waals surface area contributed by atoms with Gasteiger partial charge in [0.25, 0.3) is 5.91 Å². The van der Waals surface area contributed by atoms with E-state index in [9.17, 15) is 4.79 Å². The van der Waals surface area contributed by atoms with Gasteiger partial charge in [0, 0.05) is 55.4 Å². The maximum atomic E-state index is 13.6. The van der Waals surface area contributed by atoms with E-state index in [4.69, 9.17) is 10.7 Å². The third-order valence-electron chi connectivity index (χ3n) is 7.21. The van der Waals surface area contributed by atoms with Gasteiger partial charge in [-0.15, -0.1) is 0 Å². The van der Waals surface area contributed by atoms with Gasteiger partial charge in [0.1, 0.15) is 5.84 Å². The number of nitrogens with zero attached hydrogens (tertiary/aromatic N) is 6. The van der Waals surface area contributed by atoms with Crippen LogP contribution in [0.15, 0.2) is 33.8 Å². The standard InChI is InChI=1S/C24H34N8O/c1-16-14-32(26-2)21(27-23(16)30-12-10-17(25)15-30)13-18-7-5-6-11-31(18)24(33)22-19-8-3-4-9-20(19)28-29-22/h13-14,17-18H,2-12,15,25H2,1H3,(H,28,29)/b21-13-/t17-,18?/m0/s1. The van der Waals surface area contributed by atoms with Crippen LogP contribution in [0, 0.1) is 0 Å². The highest BCUT2D eigenvalue weighted by molar-refractivity contribution is 5.99. The van der Waals surface area contributed by atoms with Crippen LogP contribution in [-0.2, 0) is 12.8 Å². The van der Waals surface area contributed by atoms with Crippen LogP contribution in [0.1, 0.15) is 67.2 Å². The van der Waals surface area contributed by atoms with E-state index in [1.165, 1.54) is 0 Å². The summed E-state index contributed by atoms with van der Waals surface area (Å²) in [6.45, 7) is 8.20. The summed E-state index contributed by atoms with van der Waals surface area (Å²) in [5.74, 6) is 1.66. The van der Waals surface area contributed by atoms with Gasteiger partial charge >= 0.3 is 0 Å². The van der Waals surface area contributed by atoms with Crippen molar-refractivity contribution in [3.05, 3.63) is 40.6 Å². The number of hydrogen-bond donors (Lipinski definition) is 2. The summed E-state index contributed by atoms with van der Waals surface area (Å²) in [7, 11) is 0. The molecule has 0 aromatic carbocycles. The predicted molar refractivity (Wildman–Crippen MR) is 129 cm³/mol. The fourth-order valence-corrected chi connectivity index (χ4v) is 5.43. The molecule has 5 rings (SSSR count). The number of likely N-dealkylation sites (tertiary alicyclic amines) is 2. The molecule has 4 heterocycles. The number of fused-ring (bicyclic) bond motifs is 1. The van der Waals surface area contributed by atoms with Gasteiger partial charge in [-0.2, -0.15) is 10.2 Å². The lowest BCUT2D eigenvalue weighted by atomic mass is 9.94. The minimum absolute atomic E-state index is 0.0197. The van der Waals surface area contributed by atoms with Crippen LogP contribution in [0.4, 0.5) is 0 Å². The topological polar surface area (TPSA) is 106 Å². The Bertz CT molecular complexity index is 1020. The summed E-state index contributed by atoms with van der Waals surface area (Å²) in [6.07, 6.45) is 12.1. The molecular formula is C24H34N8O. The van der Waals surface area contributed by atoms with Crippen molar-refractivity contribution in [2.24, 2.45) is 15.8 Å². The molecule has 3 N–H and O–H groups in total. The first-order valence-corrected chi connectivity index (χ1v) is 12.2. The number of carbonyl (C=O) groups excluding carboxylic acids is 1. The Balaban J connectivity index is 1.44. The van der Waals surface area contributed by atoms with Crippen molar-refractivity contribution in [3.63, 3.8) is 0 Å². The SMILES string of the molecule is C=NN1C=C(C)C(N2CC[C@H](N)C2)=N/C1=C/C1CCCCN1C(=O)c1n[nH]c2c1CCCC2. The molecule has 0 saturated carbocycles. The Morgan fingerprint density at radius 2 is 2.09 bits per heavy atom. The monoisotopic (exact) mass is 450 g/mol. The lowest BCUT2D eigenvalue weighted by Crippen LogP contribution is -2.44. The van der Waals surface area contributed by atoms with E-state index in [0.29, 0.717) is 11.5 Å². The van der Waals surface area contributed by atoms with Gasteiger partial charge in [0.05, 0.1) is 6.04 Å². The predicted octanol–water partition coefficient (Wildman–Crippen LogP) is 2.39. The first-order chi connectivity index (χ1) is 16.0. The third kappa shape index (κ3) is 4.21. The molecule has 1 aromatic heterocycles. The number of aromatic nitrogens is 2. The van der Waals surface area contributed by atoms with E-state index in [0.717, 1.165) is 93.7 Å². The molecule has 1 amide bonds. The van der Waals surface area contributed by atoms with Crippen molar-refractivity contribution in [3.8, 4) is 0 Å². The number of aliphatic imine (C=N–C) groups is 1. The van der Waals surface area contributed by atoms with E-state index >= 15 is 0 Å². The highest BCUT2D eigenvalue weighted by atomic mass is 16.2. The number of carbonyl (C=O) groups is 1. The number of nitrogens with two attached hydrogens (primary N) is 1. The number of hydrazone groups is 1. The first kappa shape index (κ1) is 21.9. The van der Waals surface area contributed by atoms with Crippen LogP contribution < -0.4 is 5.73 Å². The second-order valence-corrected chi connectivity index (χ2v) is 9.55. The van der Waals surface area contributed by atoms with Crippen molar-refractivity contribution in [2.45, 2.75) is 70.4 Å². The molecule has 2 atom stereocenters. The average molecular weight is 451 g/mol. The largest absolute Gasteiger partial charge is 0.355 e. The zero-order valence-corrected chi connectivity index (χ0v) is 19.5. The number of amides is 1. The molecule has 0 radical (unpaired) electrons. The molecule has 2 fully saturated rings. The second-order valence-electron chi connectivity index (χ2n) is 9.55. The highest BCUT2D eigenvalue weighted by Gasteiger charge is 2.32. The molecule has 2 saturated heterocycles. The molecular weight excluding hydrogens is 416 g/mol. The summed E-state index contributed by atoms with van der Waals surface area (Å²) in [5, 5.41) is 13.4. The van der Waals surface area contributed by atoms with Gasteiger partial charge in [-0.05, 0) is 64.4 Å². The molecule has 1 aliphatic carbocycles. The smallest absolute Gasteiger partial charge is 0.275 e. The number of aryl methyl sites for hydroxylation is 1. The summed E-state index contributed by atoms with van der Waals surface area (Å²) in [6, 6.07) is 0.119. The molecule has 9 nitrogen and oxygen atoms in total. The molecule has 0 bridgehead atoms. The molecule has 176 valence electrons. The van der Waals surface area contributed by atoms with Gasteiger partial charge < -0.3 is 15.5 Å². The zero-order chi connectivity index (χ0) is 22.9. The minimum atomic E-state index is -0.0564. The van der Waals surface area contributed by atoms with Crippen molar-refractivity contribution < 1.29 is 4.79 Å². The quantitative estimate of drug-likeness (QED) is 0.688. The van der Waals surface area contributed by atoms with Crippen LogP contribution in [0.3, 0.4) is 0 Å². The maximum absolute atomic E-state index is 13.6. The summed E-state index contributed by atoms with van der Waals surface area (Å²) < 4.78 is 0. The fraction of sp³-hybridized carbons (Fsp3) is 0.583. The van der Waals surface area contributed by atoms with Crippen LogP contribution in [-0.4, -0.2) is 75.2 Å². The lowest BCUT2D eigenvalue weighted by Gasteiger charge is -2.35. The molecule has 4 aliphatic rings. The number of H-pyrrole nitrogens is 1. The van der Waals surface area contributed by atoms with Crippen molar-refractivity contribution in [1.29, 1.82) is 0 Å². The maximum Gasteiger partial charge on any atom is 0.275 e. The number of piperidine rings is 1. The first-order valence-electron chi connectivity index (χ1n) is 12.2. The summed E-state index contributed by atoms with van der Waals surface area (Å²) >= 11 is 0. The molecule has 0 spiro atoms. The Kier molecular flexibility index (Phi) is 6.05. The number of rotatable bonds is 3. The van der Waals surface area contributed by atoms with E-state index in [1.54, 1.807) is 5.01 Å². The minimum Gasteiger partial charge on any atom is -0.355 e. The van der Waals surface area contributed by atoms with Crippen molar-refractivity contribution in [2.75, 3.05) is 19.6 Å². The van der Waals surface area contributed by atoms with E-state index in [2.05, 4.69) is 33.0 Å². The van der Waals surface area contributed by atoms with Crippen LogP contribution >= 0.6 is 0 Å². The Hall–Kier alpha value is -2.94. The van der Waals surface area contributed by atoms with Crippen LogP contribution in [0.2, 0.25) is 0 Å². The highest BCUT2D eigenvalue weighted by Crippen LogP contribution is 2.29. The number of nitrogens with one attached hydrogen (secondary N) is 1. The number of hydrogen-bond acceptors (Lipinski definition) is 7. The van der Waals surface area contributed by atoms with Gasteiger partial charge in [0.15, 0.2) is 11.5 Å². The summed E-state index contributed by atoms with van der Waals surface area (Å²) in [5.41, 5.74) is 10.0. The molecule has 33 heavy (non-hydrogen) atoms. The molecule has 9 heteroatoms. The van der Waals surface area contributed by atoms with Gasteiger partial charge in [-0.3, -0.25) is 9.89 Å². The summed E-state index contributed by atoms with van der Waals surface area (Å²) in [4.78, 5) is 22.8. The van der Waals surface area contributed by atoms with Gasteiger partial charge in [-0.25, -0.2) is 10.0 Å². The average Bonchev–Trinajstić information content (AvgIpc) is 3.46. The Morgan fingerprint density at radius 3 is 2.88 bits per heavy atom. The van der Waals surface area contributed by atoms with E-state index < -0.39 is 0 Å². The van der Waals surface area contributed by atoms with Gasteiger partial charge in [0.2, 0.25) is 0 Å². The van der Waals surface area contributed by atoms with Crippen molar-refractivity contribution in [1.82, 2.24) is 25.0 Å². The van der Waals surface area contributed by atoms with E-state index in [-0.39, 0.29) is 18.0 Å². The Morgan fingerprint density at radius 1 is 1.24 bits per heavy atom. The molecule has 3 aliphatic heterocycles. The number of aromatic amines is 1. The van der Waals surface area contributed by atoms with Crippen LogP contribution in [0.5, 0.6) is 0 Å². The van der Waals surface area contributed by atoms with Crippen LogP contribution in [0.25, 0.3) is 0 Å². The van der Waals surface area contributed by atoms with Crippen molar-refractivity contribution >= 4 is 18.5 Å². The van der Waals surface area contributed by atoms with E-state index in [1.807, 2.05) is 18.0 Å². The zero-order valence-electron chi connectivity index (χ0n) is 19.5. The number of amidine groups is 1. The normalized spacial score (nSPS) is 26.8.